The molecular formula is C20H27NOSi. The van der Waals surface area contributed by atoms with Crippen LogP contribution >= 0.6 is 0 Å². The molecule has 0 unspecified atom stereocenters. The van der Waals surface area contributed by atoms with E-state index in [1.54, 1.807) is 0 Å². The molecule has 3 heteroatoms. The van der Waals surface area contributed by atoms with Crippen LogP contribution in [0.25, 0.3) is 0 Å². The van der Waals surface area contributed by atoms with Crippen LogP contribution in [0.15, 0.2) is 42.5 Å². The summed E-state index contributed by atoms with van der Waals surface area (Å²) in [7, 11) is -1.79. The van der Waals surface area contributed by atoms with Crippen molar-refractivity contribution in [3.8, 4) is 11.5 Å². The monoisotopic (exact) mass is 325 g/mol. The van der Waals surface area contributed by atoms with Crippen LogP contribution < -0.4 is 9.30 Å². The summed E-state index contributed by atoms with van der Waals surface area (Å²) in [6.45, 7) is 14.2. The molecule has 2 aromatic carbocycles. The van der Waals surface area contributed by atoms with Crippen LogP contribution in [0.3, 0.4) is 0 Å². The lowest BCUT2D eigenvalue weighted by Crippen LogP contribution is -2.53. The number of aryl methyl sites for hydroxylation is 1. The predicted octanol–water partition coefficient (Wildman–Crippen LogP) is 6.50. The maximum Gasteiger partial charge on any atom is 0.162 e. The molecule has 1 heterocycles. The van der Waals surface area contributed by atoms with Gasteiger partial charge in [-0.1, -0.05) is 65.1 Å². The Bertz CT molecular complexity index is 731. The third kappa shape index (κ3) is 2.47. The van der Waals surface area contributed by atoms with Gasteiger partial charge < -0.3 is 9.30 Å². The van der Waals surface area contributed by atoms with Crippen molar-refractivity contribution in [1.82, 2.24) is 0 Å². The van der Waals surface area contributed by atoms with E-state index < -0.39 is 8.24 Å². The molecule has 0 bridgehead atoms. The number of nitrogens with zero attached hydrogens (tertiary/aromatic N) is 1. The van der Waals surface area contributed by atoms with Gasteiger partial charge in [-0.15, -0.1) is 0 Å². The second kappa shape index (κ2) is 5.41. The molecule has 0 aliphatic carbocycles. The van der Waals surface area contributed by atoms with Crippen molar-refractivity contribution < 1.29 is 4.74 Å². The fraction of sp³-hybridized carbons (Fsp3) is 0.400. The van der Waals surface area contributed by atoms with E-state index in [2.05, 4.69) is 87.8 Å². The van der Waals surface area contributed by atoms with Gasteiger partial charge in [-0.05, 0) is 35.2 Å². The SMILES string of the molecule is CCc1cccc2c1Oc1ccccc1N2[Si](C)(C)C(C)(C)C. The summed E-state index contributed by atoms with van der Waals surface area (Å²) >= 11 is 0. The second-order valence-corrected chi connectivity index (χ2v) is 12.9. The van der Waals surface area contributed by atoms with Crippen LogP contribution in [0, 0.1) is 0 Å². The molecule has 2 nitrogen and oxygen atoms in total. The Hall–Kier alpha value is -1.74. The Balaban J connectivity index is 2.28. The molecule has 0 N–H and O–H groups in total. The molecule has 0 amide bonds. The van der Waals surface area contributed by atoms with E-state index in [1.807, 2.05) is 0 Å². The second-order valence-electron chi connectivity index (χ2n) is 7.83. The van der Waals surface area contributed by atoms with Crippen LogP contribution in [0.1, 0.15) is 33.3 Å². The van der Waals surface area contributed by atoms with E-state index >= 15 is 0 Å². The van der Waals surface area contributed by atoms with Gasteiger partial charge in [0, 0.05) is 0 Å². The third-order valence-electron chi connectivity index (χ3n) is 5.41. The standard InChI is InChI=1S/C20H27NOSi/c1-7-15-11-10-13-17-19(15)22-18-14-9-8-12-16(18)21(17)23(5,6)20(2,3)4/h8-14H,7H2,1-6H3. The Morgan fingerprint density at radius 1 is 0.957 bits per heavy atom. The zero-order chi connectivity index (χ0) is 16.8. The summed E-state index contributed by atoms with van der Waals surface area (Å²) in [5, 5.41) is 0.247. The molecule has 0 atom stereocenters. The molecular weight excluding hydrogens is 298 g/mol. The number of anilines is 2. The highest BCUT2D eigenvalue weighted by atomic mass is 28.3. The van der Waals surface area contributed by atoms with Crippen LogP contribution in [0.4, 0.5) is 11.4 Å². The van der Waals surface area contributed by atoms with Gasteiger partial charge in [0.25, 0.3) is 0 Å². The molecule has 0 saturated carbocycles. The van der Waals surface area contributed by atoms with Crippen molar-refractivity contribution in [2.24, 2.45) is 0 Å². The molecule has 122 valence electrons. The lowest BCUT2D eigenvalue weighted by Gasteiger charge is -2.49. The zero-order valence-electron chi connectivity index (χ0n) is 15.1. The summed E-state index contributed by atoms with van der Waals surface area (Å²) < 4.78 is 8.92. The van der Waals surface area contributed by atoms with Crippen molar-refractivity contribution in [1.29, 1.82) is 0 Å². The molecule has 1 aliphatic heterocycles. The van der Waals surface area contributed by atoms with E-state index in [-0.39, 0.29) is 5.04 Å². The Morgan fingerprint density at radius 3 is 2.26 bits per heavy atom. The molecule has 0 saturated heterocycles. The summed E-state index contributed by atoms with van der Waals surface area (Å²) in [6.07, 6.45) is 0.983. The molecule has 0 radical (unpaired) electrons. The van der Waals surface area contributed by atoms with E-state index in [0.29, 0.717) is 0 Å². The minimum Gasteiger partial charge on any atom is -0.453 e. The van der Waals surface area contributed by atoms with Gasteiger partial charge >= 0.3 is 0 Å². The van der Waals surface area contributed by atoms with Gasteiger partial charge in [0.15, 0.2) is 14.0 Å². The Kier molecular flexibility index (Phi) is 3.79. The summed E-state index contributed by atoms with van der Waals surface area (Å²) in [5.41, 5.74) is 3.72. The van der Waals surface area contributed by atoms with Crippen LogP contribution in [-0.4, -0.2) is 8.24 Å². The molecule has 2 aromatic rings. The highest BCUT2D eigenvalue weighted by Crippen LogP contribution is 2.54. The first-order valence-electron chi connectivity index (χ1n) is 8.46. The first-order valence-corrected chi connectivity index (χ1v) is 11.4. The maximum atomic E-state index is 6.32. The number of fused-ring (bicyclic) bond motifs is 2. The average molecular weight is 326 g/mol. The lowest BCUT2D eigenvalue weighted by atomic mass is 10.1. The molecule has 23 heavy (non-hydrogen) atoms. The first-order chi connectivity index (χ1) is 10.8. The van der Waals surface area contributed by atoms with Crippen LogP contribution in [0.2, 0.25) is 18.1 Å². The van der Waals surface area contributed by atoms with Crippen molar-refractivity contribution >= 4 is 19.6 Å². The van der Waals surface area contributed by atoms with Gasteiger partial charge in [-0.3, -0.25) is 0 Å². The number of hydrogen-bond acceptors (Lipinski definition) is 2. The first kappa shape index (κ1) is 16.1. The largest absolute Gasteiger partial charge is 0.453 e. The zero-order valence-corrected chi connectivity index (χ0v) is 16.1. The number of rotatable bonds is 2. The minimum atomic E-state index is -1.79. The quantitative estimate of drug-likeness (QED) is 0.584. The number of hydrogen-bond donors (Lipinski definition) is 0. The van der Waals surface area contributed by atoms with Crippen LogP contribution in [-0.2, 0) is 6.42 Å². The Morgan fingerprint density at radius 2 is 1.61 bits per heavy atom. The molecule has 0 fully saturated rings. The maximum absolute atomic E-state index is 6.32. The lowest BCUT2D eigenvalue weighted by molar-refractivity contribution is 0.471. The fourth-order valence-electron chi connectivity index (χ4n) is 3.05. The molecule has 0 spiro atoms. The van der Waals surface area contributed by atoms with Gasteiger partial charge in [0.05, 0.1) is 11.4 Å². The molecule has 3 rings (SSSR count). The fourth-order valence-corrected chi connectivity index (χ4v) is 5.29. The van der Waals surface area contributed by atoms with Gasteiger partial charge in [0.2, 0.25) is 0 Å². The highest BCUT2D eigenvalue weighted by molar-refractivity contribution is 6.85. The van der Waals surface area contributed by atoms with E-state index in [0.717, 1.165) is 17.9 Å². The van der Waals surface area contributed by atoms with Crippen molar-refractivity contribution in [3.05, 3.63) is 48.0 Å². The van der Waals surface area contributed by atoms with Gasteiger partial charge in [-0.25, -0.2) is 0 Å². The van der Waals surface area contributed by atoms with Gasteiger partial charge in [-0.2, -0.15) is 0 Å². The van der Waals surface area contributed by atoms with E-state index in [1.165, 1.54) is 16.9 Å². The number of benzene rings is 2. The van der Waals surface area contributed by atoms with Crippen LogP contribution in [0.5, 0.6) is 11.5 Å². The van der Waals surface area contributed by atoms with E-state index in [9.17, 15) is 0 Å². The molecule has 1 aliphatic rings. The number of ether oxygens (including phenoxy) is 1. The number of para-hydroxylation sites is 3. The van der Waals surface area contributed by atoms with Crippen molar-refractivity contribution in [3.63, 3.8) is 0 Å². The van der Waals surface area contributed by atoms with E-state index in [4.69, 9.17) is 4.74 Å². The average Bonchev–Trinajstić information content (AvgIpc) is 2.50. The van der Waals surface area contributed by atoms with Crippen molar-refractivity contribution in [2.75, 3.05) is 4.57 Å². The van der Waals surface area contributed by atoms with Crippen molar-refractivity contribution in [2.45, 2.75) is 52.2 Å². The topological polar surface area (TPSA) is 12.5 Å². The summed E-state index contributed by atoms with van der Waals surface area (Å²) in [4.78, 5) is 0. The minimum absolute atomic E-state index is 0.247. The third-order valence-corrected chi connectivity index (χ3v) is 10.7. The predicted molar refractivity (Wildman–Crippen MR) is 102 cm³/mol. The highest BCUT2D eigenvalue weighted by Gasteiger charge is 2.45. The Labute approximate surface area is 141 Å². The molecule has 0 aromatic heterocycles. The smallest absolute Gasteiger partial charge is 0.162 e. The summed E-state index contributed by atoms with van der Waals surface area (Å²) in [5.74, 6) is 2.02. The summed E-state index contributed by atoms with van der Waals surface area (Å²) in [6, 6.07) is 15.0. The normalized spacial score (nSPS) is 14.1. The van der Waals surface area contributed by atoms with Gasteiger partial charge in [0.1, 0.15) is 5.75 Å².